The van der Waals surface area contributed by atoms with Crippen LogP contribution in [0.1, 0.15) is 23.8 Å². The normalized spacial score (nSPS) is 16.5. The number of imide groups is 1. The minimum Gasteiger partial charge on any atom is -0.341 e. The van der Waals surface area contributed by atoms with Gasteiger partial charge in [-0.05, 0) is 30.7 Å². The predicted octanol–water partition coefficient (Wildman–Crippen LogP) is 0.844. The summed E-state index contributed by atoms with van der Waals surface area (Å²) in [6, 6.07) is -0.584. The Morgan fingerprint density at radius 2 is 2.24 bits per heavy atom. The van der Waals surface area contributed by atoms with Crippen molar-refractivity contribution in [1.29, 1.82) is 0 Å². The third-order valence-electron chi connectivity index (χ3n) is 4.14. The summed E-state index contributed by atoms with van der Waals surface area (Å²) < 4.78 is 0.991. The monoisotopic (exact) mass is 381 g/mol. The number of hydrogen-bond donors (Lipinski definition) is 3. The Bertz CT molecular complexity index is 905. The SMILES string of the molecule is CNC(=O)NC(=O)CSc1nc2sc3c(c2c(=O)n1N)CCC(C)C3. The molecule has 4 N–H and O–H groups in total. The number of thiophene rings is 1. The maximum atomic E-state index is 12.7. The molecule has 134 valence electrons. The first-order valence-electron chi connectivity index (χ1n) is 7.87. The van der Waals surface area contributed by atoms with Crippen LogP contribution in [0.4, 0.5) is 4.79 Å². The first kappa shape index (κ1) is 17.7. The molecule has 0 radical (unpaired) electrons. The van der Waals surface area contributed by atoms with Crippen LogP contribution in [0, 0.1) is 5.92 Å². The molecule has 1 unspecified atom stereocenters. The molecule has 0 aliphatic heterocycles. The van der Waals surface area contributed by atoms with Crippen molar-refractivity contribution >= 4 is 45.3 Å². The maximum Gasteiger partial charge on any atom is 0.321 e. The summed E-state index contributed by atoms with van der Waals surface area (Å²) in [5, 5.41) is 5.31. The van der Waals surface area contributed by atoms with Gasteiger partial charge in [0.1, 0.15) is 4.83 Å². The summed E-state index contributed by atoms with van der Waals surface area (Å²) in [6.07, 6.45) is 2.88. The second kappa shape index (κ2) is 7.04. The van der Waals surface area contributed by atoms with Crippen molar-refractivity contribution in [3.8, 4) is 0 Å². The van der Waals surface area contributed by atoms with Crippen molar-refractivity contribution in [2.45, 2.75) is 31.3 Å². The molecular weight excluding hydrogens is 362 g/mol. The lowest BCUT2D eigenvalue weighted by Crippen LogP contribution is -2.38. The minimum absolute atomic E-state index is 0.0648. The molecule has 1 aliphatic carbocycles. The molecule has 1 aliphatic rings. The molecule has 3 rings (SSSR count). The number of carbonyl (C=O) groups is 2. The fourth-order valence-electron chi connectivity index (χ4n) is 2.84. The van der Waals surface area contributed by atoms with Gasteiger partial charge in [-0.2, -0.15) is 0 Å². The van der Waals surface area contributed by atoms with Crippen LogP contribution >= 0.6 is 23.1 Å². The number of nitrogens with two attached hydrogens (primary N) is 1. The van der Waals surface area contributed by atoms with Crippen molar-refractivity contribution in [1.82, 2.24) is 20.3 Å². The van der Waals surface area contributed by atoms with Gasteiger partial charge in [-0.25, -0.2) is 14.5 Å². The summed E-state index contributed by atoms with van der Waals surface area (Å²) >= 11 is 2.56. The van der Waals surface area contributed by atoms with Crippen LogP contribution in [0.2, 0.25) is 0 Å². The zero-order valence-corrected chi connectivity index (χ0v) is 15.6. The van der Waals surface area contributed by atoms with E-state index in [1.165, 1.54) is 23.3 Å². The summed E-state index contributed by atoms with van der Waals surface area (Å²) in [5.41, 5.74) is 0.787. The number of hydrogen-bond acceptors (Lipinski definition) is 7. The molecule has 10 heteroatoms. The van der Waals surface area contributed by atoms with Gasteiger partial charge in [-0.15, -0.1) is 11.3 Å². The lowest BCUT2D eigenvalue weighted by atomic mass is 9.89. The molecule has 1 atom stereocenters. The van der Waals surface area contributed by atoms with Crippen LogP contribution in [0.15, 0.2) is 9.95 Å². The number of urea groups is 1. The molecule has 8 nitrogen and oxygen atoms in total. The van der Waals surface area contributed by atoms with Gasteiger partial charge in [-0.1, -0.05) is 18.7 Å². The first-order valence-corrected chi connectivity index (χ1v) is 9.67. The van der Waals surface area contributed by atoms with E-state index in [0.717, 1.165) is 41.3 Å². The van der Waals surface area contributed by atoms with Gasteiger partial charge in [-0.3, -0.25) is 14.9 Å². The summed E-state index contributed by atoms with van der Waals surface area (Å²) in [4.78, 5) is 41.8. The molecule has 0 bridgehead atoms. The van der Waals surface area contributed by atoms with Gasteiger partial charge < -0.3 is 11.2 Å². The Kier molecular flexibility index (Phi) is 5.00. The largest absolute Gasteiger partial charge is 0.341 e. The summed E-state index contributed by atoms with van der Waals surface area (Å²) in [6.45, 7) is 2.20. The average molecular weight is 381 g/mol. The second-order valence-electron chi connectivity index (χ2n) is 6.02. The number of rotatable bonds is 3. The number of thioether (sulfide) groups is 1. The number of nitrogen functional groups attached to an aromatic ring is 1. The van der Waals surface area contributed by atoms with E-state index in [1.807, 2.05) is 0 Å². The zero-order valence-electron chi connectivity index (χ0n) is 13.9. The standard InChI is InChI=1S/C15H19N5O3S2/c1-7-3-4-8-9(5-7)25-12-11(8)13(22)20(16)15(19-12)24-6-10(21)18-14(23)17-2/h7H,3-6,16H2,1-2H3,(H2,17,18,21,23). The Balaban J connectivity index is 1.88. The van der Waals surface area contributed by atoms with E-state index in [4.69, 9.17) is 5.84 Å². The summed E-state index contributed by atoms with van der Waals surface area (Å²) in [7, 11) is 1.42. The quantitative estimate of drug-likeness (QED) is 0.412. The maximum absolute atomic E-state index is 12.7. The highest BCUT2D eigenvalue weighted by molar-refractivity contribution is 7.99. The Hall–Kier alpha value is -2.07. The highest BCUT2D eigenvalue weighted by Crippen LogP contribution is 2.36. The molecular formula is C15H19N5O3S2. The van der Waals surface area contributed by atoms with Crippen molar-refractivity contribution in [2.24, 2.45) is 5.92 Å². The van der Waals surface area contributed by atoms with Gasteiger partial charge in [0.15, 0.2) is 5.16 Å². The fourth-order valence-corrected chi connectivity index (χ4v) is 4.98. The lowest BCUT2D eigenvalue weighted by Gasteiger charge is -2.17. The van der Waals surface area contributed by atoms with Crippen molar-refractivity contribution < 1.29 is 9.59 Å². The molecule has 0 saturated heterocycles. The topological polar surface area (TPSA) is 119 Å². The first-order chi connectivity index (χ1) is 11.9. The number of nitrogens with zero attached hydrogens (tertiary/aromatic N) is 2. The van der Waals surface area contributed by atoms with Crippen molar-refractivity contribution in [2.75, 3.05) is 18.6 Å². The summed E-state index contributed by atoms with van der Waals surface area (Å²) in [5.74, 6) is 5.94. The highest BCUT2D eigenvalue weighted by Gasteiger charge is 2.24. The third kappa shape index (κ3) is 3.49. The van der Waals surface area contributed by atoms with Crippen LogP contribution in [0.3, 0.4) is 0 Å². The molecule has 0 aromatic carbocycles. The number of carbonyl (C=O) groups excluding carboxylic acids is 2. The Morgan fingerprint density at radius 3 is 2.96 bits per heavy atom. The highest BCUT2D eigenvalue weighted by atomic mass is 32.2. The van der Waals surface area contributed by atoms with Gasteiger partial charge in [0.2, 0.25) is 5.91 Å². The predicted molar refractivity (Wildman–Crippen MR) is 98.5 cm³/mol. The second-order valence-corrected chi connectivity index (χ2v) is 8.04. The van der Waals surface area contributed by atoms with Crippen LogP contribution in [0.25, 0.3) is 10.2 Å². The lowest BCUT2D eigenvalue weighted by molar-refractivity contribution is -0.117. The Morgan fingerprint density at radius 1 is 1.48 bits per heavy atom. The number of nitrogens with one attached hydrogen (secondary N) is 2. The van der Waals surface area contributed by atoms with Gasteiger partial charge in [0.05, 0.1) is 11.1 Å². The smallest absolute Gasteiger partial charge is 0.321 e. The molecule has 2 aromatic heterocycles. The van der Waals surface area contributed by atoms with Gasteiger partial charge in [0.25, 0.3) is 5.56 Å². The van der Waals surface area contributed by atoms with Crippen LogP contribution in [-0.2, 0) is 17.6 Å². The minimum atomic E-state index is -0.584. The molecule has 2 heterocycles. The third-order valence-corrected chi connectivity index (χ3v) is 6.24. The number of aryl methyl sites for hydroxylation is 1. The van der Waals surface area contributed by atoms with Crippen LogP contribution in [0.5, 0.6) is 0 Å². The zero-order chi connectivity index (χ0) is 18.1. The van der Waals surface area contributed by atoms with Gasteiger partial charge in [0, 0.05) is 11.9 Å². The average Bonchev–Trinajstić information content (AvgIpc) is 2.93. The molecule has 0 saturated carbocycles. The van der Waals surface area contributed by atoms with E-state index in [9.17, 15) is 14.4 Å². The molecule has 2 aromatic rings. The van der Waals surface area contributed by atoms with Gasteiger partial charge >= 0.3 is 6.03 Å². The molecule has 0 spiro atoms. The van der Waals surface area contributed by atoms with E-state index < -0.39 is 11.9 Å². The molecule has 25 heavy (non-hydrogen) atoms. The number of aromatic nitrogens is 2. The van der Waals surface area contributed by atoms with Crippen LogP contribution in [-0.4, -0.2) is 34.4 Å². The van der Waals surface area contributed by atoms with Crippen LogP contribution < -0.4 is 22.0 Å². The van der Waals surface area contributed by atoms with E-state index >= 15 is 0 Å². The van der Waals surface area contributed by atoms with E-state index in [2.05, 4.69) is 22.5 Å². The number of amides is 3. The van der Waals surface area contributed by atoms with Crippen molar-refractivity contribution in [3.63, 3.8) is 0 Å². The molecule has 0 fully saturated rings. The van der Waals surface area contributed by atoms with E-state index in [-0.39, 0.29) is 16.5 Å². The van der Waals surface area contributed by atoms with Crippen molar-refractivity contribution in [3.05, 3.63) is 20.8 Å². The molecule has 3 amide bonds. The van der Waals surface area contributed by atoms with E-state index in [1.54, 1.807) is 0 Å². The fraction of sp³-hybridized carbons (Fsp3) is 0.467. The van der Waals surface area contributed by atoms with E-state index in [0.29, 0.717) is 16.1 Å². The Labute approximate surface area is 152 Å². The number of fused-ring (bicyclic) bond motifs is 3.